The van der Waals surface area contributed by atoms with Gasteiger partial charge in [0.15, 0.2) is 0 Å². The van der Waals surface area contributed by atoms with Crippen LogP contribution in [0.5, 0.6) is 0 Å². The second-order valence-corrected chi connectivity index (χ2v) is 9.73. The summed E-state index contributed by atoms with van der Waals surface area (Å²) in [7, 11) is 0. The maximum atomic E-state index is 13.0. The van der Waals surface area contributed by atoms with Gasteiger partial charge in [0.1, 0.15) is 0 Å². The van der Waals surface area contributed by atoms with Gasteiger partial charge in [-0.1, -0.05) is 31.0 Å². The number of amides is 3. The Morgan fingerprint density at radius 1 is 0.968 bits per heavy atom. The van der Waals surface area contributed by atoms with E-state index in [9.17, 15) is 14.4 Å². The molecule has 2 fully saturated rings. The zero-order valence-corrected chi connectivity index (χ0v) is 19.4. The number of nitrogens with one attached hydrogen (secondary N) is 1. The minimum Gasteiger partial charge on any atom is -0.353 e. The average molecular weight is 428 g/mol. The van der Waals surface area contributed by atoms with Crippen LogP contribution in [0.15, 0.2) is 18.2 Å². The highest BCUT2D eigenvalue weighted by Gasteiger charge is 2.31. The SMILES string of the molecule is Cc1cc(C)cc(C(=O)N2CCCC(C(=O)NC3CCN(C(=O)CC(C)C)CC3)C2)c1. The van der Waals surface area contributed by atoms with Gasteiger partial charge < -0.3 is 15.1 Å². The lowest BCUT2D eigenvalue weighted by Gasteiger charge is -2.35. The number of nitrogens with zero attached hydrogens (tertiary/aromatic N) is 2. The highest BCUT2D eigenvalue weighted by molar-refractivity contribution is 5.95. The molecule has 1 N–H and O–H groups in total. The number of aryl methyl sites for hydroxylation is 2. The van der Waals surface area contributed by atoms with Crippen LogP contribution in [0.2, 0.25) is 0 Å². The Morgan fingerprint density at radius 3 is 2.23 bits per heavy atom. The van der Waals surface area contributed by atoms with Gasteiger partial charge in [0, 0.05) is 44.2 Å². The second kappa shape index (κ2) is 10.3. The Bertz CT molecular complexity index is 792. The molecular formula is C25H37N3O3. The van der Waals surface area contributed by atoms with Crippen molar-refractivity contribution >= 4 is 17.7 Å². The van der Waals surface area contributed by atoms with Gasteiger partial charge in [-0.2, -0.15) is 0 Å². The van der Waals surface area contributed by atoms with Crippen LogP contribution >= 0.6 is 0 Å². The molecule has 0 radical (unpaired) electrons. The molecule has 2 aliphatic rings. The Kier molecular flexibility index (Phi) is 7.74. The van der Waals surface area contributed by atoms with Crippen molar-refractivity contribution in [3.05, 3.63) is 34.9 Å². The molecule has 0 bridgehead atoms. The number of carbonyl (C=O) groups is 3. The largest absolute Gasteiger partial charge is 0.353 e. The molecular weight excluding hydrogens is 390 g/mol. The van der Waals surface area contributed by atoms with E-state index in [0.717, 1.165) is 36.8 Å². The van der Waals surface area contributed by atoms with E-state index >= 15 is 0 Å². The molecule has 2 saturated heterocycles. The lowest BCUT2D eigenvalue weighted by Crippen LogP contribution is -2.51. The first kappa shape index (κ1) is 23.3. The maximum absolute atomic E-state index is 13.0. The van der Waals surface area contributed by atoms with Crippen molar-refractivity contribution < 1.29 is 14.4 Å². The van der Waals surface area contributed by atoms with E-state index in [0.29, 0.717) is 44.1 Å². The third-order valence-corrected chi connectivity index (χ3v) is 6.32. The summed E-state index contributed by atoms with van der Waals surface area (Å²) in [6.45, 7) is 10.7. The molecule has 0 aliphatic carbocycles. The molecule has 0 saturated carbocycles. The minimum absolute atomic E-state index is 0.0151. The first-order chi connectivity index (χ1) is 14.7. The molecule has 1 atom stereocenters. The molecule has 1 unspecified atom stereocenters. The van der Waals surface area contributed by atoms with Crippen molar-refractivity contribution in [2.75, 3.05) is 26.2 Å². The predicted octanol–water partition coefficient (Wildman–Crippen LogP) is 3.31. The number of benzene rings is 1. The summed E-state index contributed by atoms with van der Waals surface area (Å²) in [5.74, 6) is 0.480. The van der Waals surface area contributed by atoms with E-state index in [4.69, 9.17) is 0 Å². The van der Waals surface area contributed by atoms with E-state index in [1.807, 2.05) is 35.8 Å². The van der Waals surface area contributed by atoms with Crippen molar-refractivity contribution in [2.24, 2.45) is 11.8 Å². The van der Waals surface area contributed by atoms with Gasteiger partial charge in [-0.05, 0) is 57.6 Å². The van der Waals surface area contributed by atoms with Gasteiger partial charge in [0.2, 0.25) is 11.8 Å². The van der Waals surface area contributed by atoms with Crippen LogP contribution < -0.4 is 5.32 Å². The zero-order chi connectivity index (χ0) is 22.5. The smallest absolute Gasteiger partial charge is 0.253 e. The van der Waals surface area contributed by atoms with Crippen LogP contribution in [0.1, 0.15) is 67.4 Å². The normalized spacial score (nSPS) is 20.1. The lowest BCUT2D eigenvalue weighted by atomic mass is 9.95. The Balaban J connectivity index is 1.51. The fourth-order valence-electron chi connectivity index (χ4n) is 4.73. The summed E-state index contributed by atoms with van der Waals surface area (Å²) >= 11 is 0. The number of carbonyl (C=O) groups excluding carboxylic acids is 3. The average Bonchev–Trinajstić information content (AvgIpc) is 2.72. The van der Waals surface area contributed by atoms with Crippen molar-refractivity contribution in [1.82, 2.24) is 15.1 Å². The maximum Gasteiger partial charge on any atom is 0.253 e. The fraction of sp³-hybridized carbons (Fsp3) is 0.640. The monoisotopic (exact) mass is 427 g/mol. The van der Waals surface area contributed by atoms with Crippen molar-refractivity contribution in [3.63, 3.8) is 0 Å². The van der Waals surface area contributed by atoms with Gasteiger partial charge in [0.05, 0.1) is 5.92 Å². The molecule has 0 spiro atoms. The van der Waals surface area contributed by atoms with Crippen LogP contribution in [-0.4, -0.2) is 59.7 Å². The number of piperidine rings is 2. The van der Waals surface area contributed by atoms with E-state index in [-0.39, 0.29) is 29.7 Å². The number of hydrogen-bond donors (Lipinski definition) is 1. The lowest BCUT2D eigenvalue weighted by molar-refractivity contribution is -0.133. The van der Waals surface area contributed by atoms with Crippen LogP contribution in [-0.2, 0) is 9.59 Å². The van der Waals surface area contributed by atoms with Gasteiger partial charge >= 0.3 is 0 Å². The number of hydrogen-bond acceptors (Lipinski definition) is 3. The molecule has 3 amide bonds. The Labute approximate surface area is 186 Å². The van der Waals surface area contributed by atoms with E-state index in [1.165, 1.54) is 0 Å². The van der Waals surface area contributed by atoms with Crippen LogP contribution in [0.3, 0.4) is 0 Å². The molecule has 1 aromatic rings. The highest BCUT2D eigenvalue weighted by atomic mass is 16.2. The predicted molar refractivity (Wildman–Crippen MR) is 122 cm³/mol. The van der Waals surface area contributed by atoms with E-state index < -0.39 is 0 Å². The highest BCUT2D eigenvalue weighted by Crippen LogP contribution is 2.21. The standard InChI is InChI=1S/C25H37N3O3/c1-17(2)12-23(29)27-10-7-22(8-11-27)26-24(30)20-6-5-9-28(16-20)25(31)21-14-18(3)13-19(4)15-21/h13-15,17,20,22H,5-12,16H2,1-4H3,(H,26,30). The quantitative estimate of drug-likeness (QED) is 0.784. The van der Waals surface area contributed by atoms with Gasteiger partial charge in [-0.25, -0.2) is 0 Å². The first-order valence-electron chi connectivity index (χ1n) is 11.7. The van der Waals surface area contributed by atoms with Gasteiger partial charge in [-0.15, -0.1) is 0 Å². The molecule has 6 nitrogen and oxygen atoms in total. The second-order valence-electron chi connectivity index (χ2n) is 9.73. The molecule has 170 valence electrons. The Hall–Kier alpha value is -2.37. The topological polar surface area (TPSA) is 69.7 Å². The summed E-state index contributed by atoms with van der Waals surface area (Å²) in [6, 6.07) is 6.02. The van der Waals surface area contributed by atoms with Crippen LogP contribution in [0.4, 0.5) is 0 Å². The van der Waals surface area contributed by atoms with E-state index in [1.54, 1.807) is 0 Å². The third-order valence-electron chi connectivity index (χ3n) is 6.32. The molecule has 3 rings (SSSR count). The zero-order valence-electron chi connectivity index (χ0n) is 19.4. The molecule has 2 aliphatic heterocycles. The van der Waals surface area contributed by atoms with Crippen molar-refractivity contribution in [1.29, 1.82) is 0 Å². The summed E-state index contributed by atoms with van der Waals surface area (Å²) in [5.41, 5.74) is 2.86. The summed E-state index contributed by atoms with van der Waals surface area (Å²) in [5, 5.41) is 3.19. The van der Waals surface area contributed by atoms with Gasteiger partial charge in [-0.3, -0.25) is 14.4 Å². The number of likely N-dealkylation sites (tertiary alicyclic amines) is 2. The Morgan fingerprint density at radius 2 is 1.61 bits per heavy atom. The molecule has 6 heteroatoms. The minimum atomic E-state index is -0.163. The molecule has 0 aromatic heterocycles. The number of rotatable bonds is 5. The molecule has 31 heavy (non-hydrogen) atoms. The summed E-state index contributed by atoms with van der Waals surface area (Å²) < 4.78 is 0. The van der Waals surface area contributed by atoms with Crippen LogP contribution in [0, 0.1) is 25.7 Å². The molecule has 1 aromatic carbocycles. The van der Waals surface area contributed by atoms with Crippen LogP contribution in [0.25, 0.3) is 0 Å². The summed E-state index contributed by atoms with van der Waals surface area (Å²) in [4.78, 5) is 41.9. The van der Waals surface area contributed by atoms with Crippen molar-refractivity contribution in [3.8, 4) is 0 Å². The van der Waals surface area contributed by atoms with Crippen molar-refractivity contribution in [2.45, 2.75) is 65.8 Å². The fourth-order valence-corrected chi connectivity index (χ4v) is 4.73. The van der Waals surface area contributed by atoms with Gasteiger partial charge in [0.25, 0.3) is 5.91 Å². The summed E-state index contributed by atoms with van der Waals surface area (Å²) in [6.07, 6.45) is 3.84. The first-order valence-corrected chi connectivity index (χ1v) is 11.7. The molecule has 2 heterocycles. The van der Waals surface area contributed by atoms with E-state index in [2.05, 4.69) is 25.2 Å². The third kappa shape index (κ3) is 6.31.